The van der Waals surface area contributed by atoms with Gasteiger partial charge in [0.1, 0.15) is 5.01 Å². The molecule has 3 heterocycles. The summed E-state index contributed by atoms with van der Waals surface area (Å²) >= 11 is 7.58. The predicted octanol–water partition coefficient (Wildman–Crippen LogP) is 5.21. The second kappa shape index (κ2) is 8.29. The van der Waals surface area contributed by atoms with E-state index in [4.69, 9.17) is 16.6 Å². The number of nitrogens with zero attached hydrogens (tertiary/aromatic N) is 3. The van der Waals surface area contributed by atoms with Crippen LogP contribution < -0.4 is 5.32 Å². The first-order valence-corrected chi connectivity index (χ1v) is 10.5. The SMILES string of the molecule is Cc1sc(CNC(=O)N2CCC[C@H]2c2ccncc2)nc1-c1ccc(Cl)cc1. The quantitative estimate of drug-likeness (QED) is 0.639. The van der Waals surface area contributed by atoms with Gasteiger partial charge in [0.05, 0.1) is 18.3 Å². The summed E-state index contributed by atoms with van der Waals surface area (Å²) in [5.74, 6) is 0. The molecule has 0 saturated carbocycles. The molecule has 144 valence electrons. The van der Waals surface area contributed by atoms with Crippen LogP contribution in [0.1, 0.15) is 34.3 Å². The third kappa shape index (κ3) is 4.03. The van der Waals surface area contributed by atoms with E-state index < -0.39 is 0 Å². The number of aromatic nitrogens is 2. The van der Waals surface area contributed by atoms with Gasteiger partial charge in [-0.1, -0.05) is 23.7 Å². The average molecular weight is 413 g/mol. The minimum Gasteiger partial charge on any atom is -0.331 e. The number of nitrogens with one attached hydrogen (secondary N) is 1. The molecule has 1 aromatic carbocycles. The van der Waals surface area contributed by atoms with Gasteiger partial charge in [-0.05, 0) is 49.6 Å². The van der Waals surface area contributed by atoms with Gasteiger partial charge < -0.3 is 10.2 Å². The molecule has 3 aromatic rings. The molecule has 2 amide bonds. The van der Waals surface area contributed by atoms with Crippen molar-refractivity contribution < 1.29 is 4.79 Å². The number of hydrogen-bond donors (Lipinski definition) is 1. The summed E-state index contributed by atoms with van der Waals surface area (Å²) in [6.07, 6.45) is 5.55. The van der Waals surface area contributed by atoms with Gasteiger partial charge in [0.25, 0.3) is 0 Å². The number of rotatable bonds is 4. The van der Waals surface area contributed by atoms with Crippen molar-refractivity contribution in [1.29, 1.82) is 0 Å². The minimum atomic E-state index is -0.0415. The van der Waals surface area contributed by atoms with Crippen LogP contribution in [0.25, 0.3) is 11.3 Å². The molecule has 1 atom stereocenters. The Balaban J connectivity index is 1.42. The van der Waals surface area contributed by atoms with Crippen molar-refractivity contribution in [2.24, 2.45) is 0 Å². The zero-order chi connectivity index (χ0) is 19.5. The molecule has 1 aliphatic heterocycles. The molecule has 1 aliphatic rings. The van der Waals surface area contributed by atoms with Gasteiger partial charge in [-0.2, -0.15) is 0 Å². The predicted molar refractivity (Wildman–Crippen MR) is 112 cm³/mol. The average Bonchev–Trinajstić information content (AvgIpc) is 3.34. The third-order valence-electron chi connectivity index (χ3n) is 4.95. The maximum atomic E-state index is 12.8. The van der Waals surface area contributed by atoms with Crippen LogP contribution >= 0.6 is 22.9 Å². The van der Waals surface area contributed by atoms with E-state index in [9.17, 15) is 4.79 Å². The van der Waals surface area contributed by atoms with E-state index in [2.05, 4.69) is 10.3 Å². The number of hydrogen-bond acceptors (Lipinski definition) is 4. The number of urea groups is 1. The zero-order valence-electron chi connectivity index (χ0n) is 15.6. The monoisotopic (exact) mass is 412 g/mol. The molecule has 7 heteroatoms. The minimum absolute atomic E-state index is 0.0415. The molecule has 1 N–H and O–H groups in total. The number of thiazole rings is 1. The van der Waals surface area contributed by atoms with Crippen molar-refractivity contribution in [3.05, 3.63) is 69.3 Å². The van der Waals surface area contributed by atoms with Crippen LogP contribution in [0, 0.1) is 6.92 Å². The fraction of sp³-hybridized carbons (Fsp3) is 0.286. The maximum Gasteiger partial charge on any atom is 0.318 e. The van der Waals surface area contributed by atoms with Crippen LogP contribution in [-0.4, -0.2) is 27.4 Å². The standard InChI is InChI=1S/C21H21ClN4OS/c1-14-20(16-4-6-17(22)7-5-16)25-19(28-14)13-24-21(27)26-12-2-3-18(26)15-8-10-23-11-9-15/h4-11,18H,2-3,12-13H2,1H3,(H,24,27)/t18-/m0/s1. The van der Waals surface area contributed by atoms with E-state index in [0.29, 0.717) is 11.6 Å². The van der Waals surface area contributed by atoms with E-state index in [1.165, 1.54) is 0 Å². The van der Waals surface area contributed by atoms with Crippen LogP contribution in [0.3, 0.4) is 0 Å². The van der Waals surface area contributed by atoms with Crippen LogP contribution in [-0.2, 0) is 6.54 Å². The highest BCUT2D eigenvalue weighted by Crippen LogP contribution is 2.32. The summed E-state index contributed by atoms with van der Waals surface area (Å²) in [4.78, 5) is 24.6. The van der Waals surface area contributed by atoms with Gasteiger partial charge >= 0.3 is 6.03 Å². The lowest BCUT2D eigenvalue weighted by molar-refractivity contribution is 0.192. The summed E-state index contributed by atoms with van der Waals surface area (Å²) in [5, 5.41) is 4.65. The summed E-state index contributed by atoms with van der Waals surface area (Å²) in [6, 6.07) is 11.7. The lowest BCUT2D eigenvalue weighted by Gasteiger charge is -2.25. The number of likely N-dealkylation sites (tertiary alicyclic amines) is 1. The van der Waals surface area contributed by atoms with Crippen molar-refractivity contribution in [3.63, 3.8) is 0 Å². The summed E-state index contributed by atoms with van der Waals surface area (Å²) < 4.78 is 0. The number of benzene rings is 1. The number of halogens is 1. The van der Waals surface area contributed by atoms with E-state index in [1.54, 1.807) is 23.7 Å². The van der Waals surface area contributed by atoms with Gasteiger partial charge in [0, 0.05) is 34.4 Å². The van der Waals surface area contributed by atoms with Gasteiger partial charge in [-0.15, -0.1) is 11.3 Å². The van der Waals surface area contributed by atoms with E-state index in [0.717, 1.165) is 46.1 Å². The maximum absolute atomic E-state index is 12.8. The number of pyridine rings is 1. The van der Waals surface area contributed by atoms with Crippen LogP contribution in [0.15, 0.2) is 48.8 Å². The molecule has 1 saturated heterocycles. The van der Waals surface area contributed by atoms with E-state index >= 15 is 0 Å². The Morgan fingerprint density at radius 2 is 2.00 bits per heavy atom. The van der Waals surface area contributed by atoms with Gasteiger partial charge in [-0.3, -0.25) is 4.98 Å². The Labute approximate surface area is 173 Å². The van der Waals surface area contributed by atoms with Crippen LogP contribution in [0.4, 0.5) is 4.79 Å². The second-order valence-electron chi connectivity index (χ2n) is 6.81. The Bertz CT molecular complexity index is 958. The highest BCUT2D eigenvalue weighted by Gasteiger charge is 2.29. The molecule has 28 heavy (non-hydrogen) atoms. The number of amides is 2. The fourth-order valence-electron chi connectivity index (χ4n) is 3.60. The topological polar surface area (TPSA) is 58.1 Å². The highest BCUT2D eigenvalue weighted by atomic mass is 35.5. The van der Waals surface area contributed by atoms with E-state index in [1.807, 2.05) is 48.2 Å². The molecular formula is C21H21ClN4OS. The molecule has 0 spiro atoms. The molecule has 4 rings (SSSR count). The van der Waals surface area contributed by atoms with Crippen molar-refractivity contribution in [2.45, 2.75) is 32.4 Å². The van der Waals surface area contributed by atoms with Crippen molar-refractivity contribution in [1.82, 2.24) is 20.2 Å². The number of aryl methyl sites for hydroxylation is 1. The molecule has 0 aliphatic carbocycles. The third-order valence-corrected chi connectivity index (χ3v) is 6.18. The number of carbonyl (C=O) groups excluding carboxylic acids is 1. The highest BCUT2D eigenvalue weighted by molar-refractivity contribution is 7.12. The molecule has 2 aromatic heterocycles. The van der Waals surface area contributed by atoms with Gasteiger partial charge in [-0.25, -0.2) is 9.78 Å². The molecule has 5 nitrogen and oxygen atoms in total. The molecule has 0 unspecified atom stereocenters. The Morgan fingerprint density at radius 1 is 1.25 bits per heavy atom. The summed E-state index contributed by atoms with van der Waals surface area (Å²) in [5.41, 5.74) is 3.12. The lowest BCUT2D eigenvalue weighted by atomic mass is 10.1. The largest absolute Gasteiger partial charge is 0.331 e. The second-order valence-corrected chi connectivity index (χ2v) is 8.53. The first-order valence-electron chi connectivity index (χ1n) is 9.28. The first-order chi connectivity index (χ1) is 13.6. The van der Waals surface area contributed by atoms with Crippen molar-refractivity contribution in [3.8, 4) is 11.3 Å². The van der Waals surface area contributed by atoms with Crippen molar-refractivity contribution >= 4 is 29.0 Å². The summed E-state index contributed by atoms with van der Waals surface area (Å²) in [6.45, 7) is 3.25. The normalized spacial score (nSPS) is 16.4. The summed E-state index contributed by atoms with van der Waals surface area (Å²) in [7, 11) is 0. The zero-order valence-corrected chi connectivity index (χ0v) is 17.1. The van der Waals surface area contributed by atoms with Crippen molar-refractivity contribution in [2.75, 3.05) is 6.54 Å². The first kappa shape index (κ1) is 18.9. The molecule has 1 fully saturated rings. The smallest absolute Gasteiger partial charge is 0.318 e. The van der Waals surface area contributed by atoms with Gasteiger partial charge in [0.2, 0.25) is 0 Å². The lowest BCUT2D eigenvalue weighted by Crippen LogP contribution is -2.39. The van der Waals surface area contributed by atoms with E-state index in [-0.39, 0.29) is 12.1 Å². The van der Waals surface area contributed by atoms with Gasteiger partial charge in [0.15, 0.2) is 0 Å². The fourth-order valence-corrected chi connectivity index (χ4v) is 4.62. The van der Waals surface area contributed by atoms with Crippen LogP contribution in [0.5, 0.6) is 0 Å². The molecular weight excluding hydrogens is 392 g/mol. The molecule has 0 bridgehead atoms. The Hall–Kier alpha value is -2.44. The Kier molecular flexibility index (Phi) is 5.59. The van der Waals surface area contributed by atoms with Crippen LogP contribution in [0.2, 0.25) is 5.02 Å². The molecule has 0 radical (unpaired) electrons. The number of carbonyl (C=O) groups is 1. The Morgan fingerprint density at radius 3 is 2.75 bits per heavy atom.